The van der Waals surface area contributed by atoms with Gasteiger partial charge in [-0.05, 0) is 54.3 Å². The van der Waals surface area contributed by atoms with E-state index in [0.717, 1.165) is 29.7 Å². The predicted octanol–water partition coefficient (Wildman–Crippen LogP) is 6.49. The molecule has 0 bridgehead atoms. The summed E-state index contributed by atoms with van der Waals surface area (Å²) in [6.45, 7) is 0.438. The normalized spacial score (nSPS) is 16.6. The van der Waals surface area contributed by atoms with Gasteiger partial charge in [-0.15, -0.1) is 0 Å². The molecule has 0 radical (unpaired) electrons. The average Bonchev–Trinajstić information content (AvgIpc) is 3.45. The third-order valence-corrected chi connectivity index (χ3v) is 5.75. The van der Waals surface area contributed by atoms with Crippen LogP contribution in [0.15, 0.2) is 77.2 Å². The van der Waals surface area contributed by atoms with Gasteiger partial charge >= 0.3 is 6.18 Å². The molecule has 32 heavy (non-hydrogen) atoms. The lowest BCUT2D eigenvalue weighted by Gasteiger charge is -2.22. The monoisotopic (exact) mass is 436 g/mol. The maximum Gasteiger partial charge on any atom is 0.416 e. The van der Waals surface area contributed by atoms with E-state index in [0.29, 0.717) is 30.0 Å². The van der Waals surface area contributed by atoms with Crippen molar-refractivity contribution >= 4 is 17.0 Å². The zero-order valence-corrected chi connectivity index (χ0v) is 17.0. The Kier molecular flexibility index (Phi) is 4.96. The van der Waals surface area contributed by atoms with Gasteiger partial charge in [-0.1, -0.05) is 42.5 Å². The Bertz CT molecular complexity index is 1280. The van der Waals surface area contributed by atoms with E-state index in [9.17, 15) is 18.0 Å². The second-order valence-corrected chi connectivity index (χ2v) is 7.84. The Morgan fingerprint density at radius 3 is 2.56 bits per heavy atom. The Hall–Kier alpha value is -3.61. The molecule has 4 aromatic rings. The number of hydrogen-bond acceptors (Lipinski definition) is 3. The second-order valence-electron chi connectivity index (χ2n) is 7.84. The van der Waals surface area contributed by atoms with E-state index in [1.807, 2.05) is 48.5 Å². The minimum Gasteiger partial charge on any atom is -0.438 e. The first-order chi connectivity index (χ1) is 15.4. The molecule has 1 aromatic heterocycles. The van der Waals surface area contributed by atoms with Gasteiger partial charge in [0.05, 0.1) is 5.56 Å². The van der Waals surface area contributed by atoms with Gasteiger partial charge in [0.2, 0.25) is 5.89 Å². The summed E-state index contributed by atoms with van der Waals surface area (Å²) in [6.07, 6.45) is -3.14. The van der Waals surface area contributed by atoms with Crippen LogP contribution in [0, 0.1) is 0 Å². The highest BCUT2D eigenvalue weighted by Crippen LogP contribution is 2.36. The minimum atomic E-state index is -4.50. The molecule has 0 N–H and O–H groups in total. The molecule has 0 unspecified atom stereocenters. The van der Waals surface area contributed by atoms with Crippen molar-refractivity contribution in [2.75, 3.05) is 6.54 Å². The maximum atomic E-state index is 13.1. The molecule has 0 spiro atoms. The molecular formula is C25H19F3N2O2. The number of aromatic nitrogens is 1. The van der Waals surface area contributed by atoms with E-state index >= 15 is 0 Å². The smallest absolute Gasteiger partial charge is 0.416 e. The van der Waals surface area contributed by atoms with Crippen molar-refractivity contribution in [1.29, 1.82) is 0 Å². The van der Waals surface area contributed by atoms with Crippen molar-refractivity contribution in [2.24, 2.45) is 0 Å². The van der Waals surface area contributed by atoms with Gasteiger partial charge < -0.3 is 9.32 Å². The number of amides is 1. The Morgan fingerprint density at radius 1 is 0.969 bits per heavy atom. The fourth-order valence-electron chi connectivity index (χ4n) is 4.16. The number of carbonyl (C=O) groups is 1. The third-order valence-electron chi connectivity index (χ3n) is 5.75. The summed E-state index contributed by atoms with van der Waals surface area (Å²) < 4.78 is 45.2. The summed E-state index contributed by atoms with van der Waals surface area (Å²) >= 11 is 0. The second kappa shape index (κ2) is 7.82. The van der Waals surface area contributed by atoms with Crippen molar-refractivity contribution in [1.82, 2.24) is 9.88 Å². The van der Waals surface area contributed by atoms with Crippen LogP contribution >= 0.6 is 0 Å². The van der Waals surface area contributed by atoms with Crippen molar-refractivity contribution in [3.05, 3.63) is 89.8 Å². The van der Waals surface area contributed by atoms with E-state index < -0.39 is 23.7 Å². The number of alkyl halides is 3. The first kappa shape index (κ1) is 20.3. The van der Waals surface area contributed by atoms with E-state index in [2.05, 4.69) is 4.98 Å². The molecule has 7 heteroatoms. The highest BCUT2D eigenvalue weighted by Gasteiger charge is 2.36. The van der Waals surface area contributed by atoms with Gasteiger partial charge in [-0.3, -0.25) is 4.79 Å². The first-order valence-corrected chi connectivity index (χ1v) is 10.3. The van der Waals surface area contributed by atoms with Crippen LogP contribution in [0.5, 0.6) is 0 Å². The molecule has 1 saturated heterocycles. The van der Waals surface area contributed by atoms with Crippen LogP contribution in [0.3, 0.4) is 0 Å². The number of carbonyl (C=O) groups excluding carboxylic acids is 1. The topological polar surface area (TPSA) is 46.3 Å². The Balaban J connectivity index is 1.45. The lowest BCUT2D eigenvalue weighted by molar-refractivity contribution is -0.137. The number of hydrogen-bond donors (Lipinski definition) is 0. The van der Waals surface area contributed by atoms with Gasteiger partial charge in [0, 0.05) is 12.1 Å². The van der Waals surface area contributed by atoms with Crippen molar-refractivity contribution in [2.45, 2.75) is 25.1 Å². The fraction of sp³-hybridized carbons (Fsp3) is 0.200. The van der Waals surface area contributed by atoms with E-state index in [1.54, 1.807) is 4.90 Å². The van der Waals surface area contributed by atoms with Gasteiger partial charge in [-0.2, -0.15) is 13.2 Å². The summed E-state index contributed by atoms with van der Waals surface area (Å²) in [6, 6.07) is 19.7. The van der Waals surface area contributed by atoms with Crippen LogP contribution in [-0.4, -0.2) is 22.3 Å². The standard InChI is InChI=1S/C25H19F3N2O2/c26-25(27,28)19-9-4-8-18(14-19)24(31)30-13-5-10-21(30)23-29-20-15-17(11-12-22(20)32-23)16-6-2-1-3-7-16/h1-4,6-9,11-12,14-15,21H,5,10,13H2/t21-/m0/s1. The molecule has 2 heterocycles. The minimum absolute atomic E-state index is 0.00852. The molecule has 1 fully saturated rings. The largest absolute Gasteiger partial charge is 0.438 e. The summed E-state index contributed by atoms with van der Waals surface area (Å²) in [5.41, 5.74) is 2.52. The quantitative estimate of drug-likeness (QED) is 0.369. The maximum absolute atomic E-state index is 13.1. The summed E-state index contributed by atoms with van der Waals surface area (Å²) in [5, 5.41) is 0. The van der Waals surface area contributed by atoms with Gasteiger partial charge in [0.1, 0.15) is 11.6 Å². The van der Waals surface area contributed by atoms with E-state index in [-0.39, 0.29) is 5.56 Å². The highest BCUT2D eigenvalue weighted by atomic mass is 19.4. The number of nitrogens with zero attached hydrogens (tertiary/aromatic N) is 2. The number of benzene rings is 3. The summed E-state index contributed by atoms with van der Waals surface area (Å²) in [7, 11) is 0. The molecule has 0 aliphatic carbocycles. The molecule has 4 nitrogen and oxygen atoms in total. The Morgan fingerprint density at radius 2 is 1.78 bits per heavy atom. The number of fused-ring (bicyclic) bond motifs is 1. The molecule has 162 valence electrons. The van der Waals surface area contributed by atoms with Crippen LogP contribution in [0.4, 0.5) is 13.2 Å². The molecule has 1 aliphatic rings. The van der Waals surface area contributed by atoms with Crippen molar-refractivity contribution in [3.63, 3.8) is 0 Å². The molecule has 5 rings (SSSR count). The van der Waals surface area contributed by atoms with Crippen LogP contribution in [-0.2, 0) is 6.18 Å². The lowest BCUT2D eigenvalue weighted by Crippen LogP contribution is -2.31. The molecule has 0 saturated carbocycles. The van der Waals surface area contributed by atoms with Crippen molar-refractivity contribution < 1.29 is 22.4 Å². The highest BCUT2D eigenvalue weighted by molar-refractivity contribution is 5.95. The average molecular weight is 436 g/mol. The molecule has 1 amide bonds. The SMILES string of the molecule is O=C(c1cccc(C(F)(F)F)c1)N1CCC[C@H]1c1nc2cc(-c3ccccc3)ccc2o1. The number of oxazole rings is 1. The molecule has 1 aliphatic heterocycles. The number of likely N-dealkylation sites (tertiary alicyclic amines) is 1. The van der Waals surface area contributed by atoms with Crippen molar-refractivity contribution in [3.8, 4) is 11.1 Å². The fourth-order valence-corrected chi connectivity index (χ4v) is 4.16. The summed E-state index contributed by atoms with van der Waals surface area (Å²) in [5.74, 6) is -0.0473. The van der Waals surface area contributed by atoms with Crippen LogP contribution in [0.2, 0.25) is 0 Å². The number of halogens is 3. The number of rotatable bonds is 3. The zero-order chi connectivity index (χ0) is 22.3. The Labute approximate surface area is 182 Å². The molecular weight excluding hydrogens is 417 g/mol. The van der Waals surface area contributed by atoms with E-state index in [1.165, 1.54) is 12.1 Å². The predicted molar refractivity (Wildman–Crippen MR) is 114 cm³/mol. The summed E-state index contributed by atoms with van der Waals surface area (Å²) in [4.78, 5) is 19.2. The van der Waals surface area contributed by atoms with Crippen LogP contribution in [0.1, 0.15) is 40.7 Å². The van der Waals surface area contributed by atoms with Crippen LogP contribution in [0.25, 0.3) is 22.2 Å². The molecule has 3 aromatic carbocycles. The van der Waals surface area contributed by atoms with Crippen LogP contribution < -0.4 is 0 Å². The van der Waals surface area contributed by atoms with Gasteiger partial charge in [0.25, 0.3) is 5.91 Å². The lowest BCUT2D eigenvalue weighted by atomic mass is 10.1. The van der Waals surface area contributed by atoms with E-state index in [4.69, 9.17) is 4.42 Å². The zero-order valence-electron chi connectivity index (χ0n) is 17.0. The third kappa shape index (κ3) is 3.75. The molecule has 1 atom stereocenters. The van der Waals surface area contributed by atoms with Gasteiger partial charge in [0.15, 0.2) is 5.58 Å². The van der Waals surface area contributed by atoms with Gasteiger partial charge in [-0.25, -0.2) is 4.98 Å². The first-order valence-electron chi connectivity index (χ1n) is 10.3.